The van der Waals surface area contributed by atoms with Crippen LogP contribution in [0.2, 0.25) is 10.0 Å². The molecule has 0 heterocycles. The van der Waals surface area contributed by atoms with Gasteiger partial charge in [-0.15, -0.1) is 0 Å². The van der Waals surface area contributed by atoms with Gasteiger partial charge >= 0.3 is 5.97 Å². The van der Waals surface area contributed by atoms with Gasteiger partial charge in [-0.25, -0.2) is 9.18 Å². The molecule has 0 unspecified atom stereocenters. The molecule has 29 heavy (non-hydrogen) atoms. The smallest absolute Gasteiger partial charge is 0.343 e. The van der Waals surface area contributed by atoms with E-state index in [2.05, 4.69) is 0 Å². The number of hydrogen-bond acceptors (Lipinski definition) is 4. The number of nitrogens with zero attached hydrogens (tertiary/aromatic N) is 1. The van der Waals surface area contributed by atoms with Gasteiger partial charge in [0.2, 0.25) is 0 Å². The maximum atomic E-state index is 13.9. The molecule has 0 spiro atoms. The van der Waals surface area contributed by atoms with Gasteiger partial charge in [0.15, 0.2) is 0 Å². The van der Waals surface area contributed by atoms with Gasteiger partial charge in [-0.1, -0.05) is 23.2 Å². The van der Waals surface area contributed by atoms with Crippen molar-refractivity contribution in [2.75, 3.05) is 6.61 Å². The zero-order chi connectivity index (χ0) is 20.8. The fraction of sp³-hybridized carbons (Fsp3) is 0.545. The lowest BCUT2D eigenvalue weighted by Gasteiger charge is -2.54. The molecule has 4 aliphatic carbocycles. The summed E-state index contributed by atoms with van der Waals surface area (Å²) in [5, 5.41) is 10.7. The lowest BCUT2D eigenvalue weighted by Crippen LogP contribution is -2.49. The average Bonchev–Trinajstić information content (AvgIpc) is 2.63. The van der Waals surface area contributed by atoms with Crippen LogP contribution in [0.3, 0.4) is 0 Å². The third-order valence-corrected chi connectivity index (χ3v) is 7.09. The number of carbonyl (C=O) groups excluding carboxylic acids is 1. The topological polar surface area (TPSA) is 58.9 Å². The van der Waals surface area contributed by atoms with E-state index < -0.39 is 17.5 Å². The molecule has 156 valence electrons. The number of carbonyl (C=O) groups is 1. The van der Waals surface area contributed by atoms with Crippen molar-refractivity contribution in [1.29, 1.82) is 0 Å². The third kappa shape index (κ3) is 4.04. The second kappa shape index (κ2) is 7.92. The molecule has 0 radical (unpaired) electrons. The Morgan fingerprint density at radius 3 is 2.34 bits per heavy atom. The summed E-state index contributed by atoms with van der Waals surface area (Å²) >= 11 is 11.9. The van der Waals surface area contributed by atoms with E-state index in [0.29, 0.717) is 17.8 Å². The van der Waals surface area contributed by atoms with Gasteiger partial charge in [0.25, 0.3) is 0 Å². The largest absolute Gasteiger partial charge is 0.506 e. The summed E-state index contributed by atoms with van der Waals surface area (Å²) in [6, 6.07) is 2.21. The van der Waals surface area contributed by atoms with Crippen molar-refractivity contribution in [2.45, 2.75) is 51.0 Å². The van der Waals surface area contributed by atoms with Crippen LogP contribution in [-0.2, 0) is 9.53 Å². The van der Waals surface area contributed by atoms with Crippen molar-refractivity contribution in [3.05, 3.63) is 39.1 Å². The van der Waals surface area contributed by atoms with Crippen molar-refractivity contribution < 1.29 is 19.0 Å². The molecular weight excluding hydrogens is 416 g/mol. The fourth-order valence-corrected chi connectivity index (χ4v) is 6.17. The van der Waals surface area contributed by atoms with Crippen LogP contribution in [0.15, 0.2) is 22.7 Å². The Morgan fingerprint density at radius 2 is 1.79 bits per heavy atom. The minimum Gasteiger partial charge on any atom is -0.506 e. The monoisotopic (exact) mass is 439 g/mol. The first-order valence-corrected chi connectivity index (χ1v) is 10.9. The van der Waals surface area contributed by atoms with Gasteiger partial charge in [-0.05, 0) is 75.3 Å². The highest BCUT2D eigenvalue weighted by molar-refractivity contribution is 6.36. The minimum absolute atomic E-state index is 0.0198. The molecule has 1 aromatic carbocycles. The molecule has 4 fully saturated rings. The van der Waals surface area contributed by atoms with Crippen molar-refractivity contribution in [3.8, 4) is 0 Å². The Balaban J connectivity index is 1.71. The zero-order valence-corrected chi connectivity index (χ0v) is 17.8. The van der Waals surface area contributed by atoms with Crippen LogP contribution in [-0.4, -0.2) is 29.4 Å². The van der Waals surface area contributed by atoms with E-state index in [1.165, 1.54) is 31.5 Å². The molecule has 1 N–H and O–H groups in total. The van der Waals surface area contributed by atoms with Gasteiger partial charge < -0.3 is 9.84 Å². The summed E-state index contributed by atoms with van der Waals surface area (Å²) in [6.45, 7) is 1.82. The number of aliphatic hydroxyl groups is 1. The average molecular weight is 440 g/mol. The Bertz CT molecular complexity index is 861. The third-order valence-electron chi connectivity index (χ3n) is 6.49. The Morgan fingerprint density at radius 1 is 1.21 bits per heavy atom. The highest BCUT2D eigenvalue weighted by Gasteiger charge is 2.50. The Labute approximate surface area is 179 Å². The summed E-state index contributed by atoms with van der Waals surface area (Å²) in [7, 11) is 0. The molecule has 5 rings (SSSR count). The first-order chi connectivity index (χ1) is 13.8. The number of ether oxygens (including phenoxy) is 1. The molecular formula is C22H24Cl2FNO3. The number of esters is 1. The van der Waals surface area contributed by atoms with E-state index in [-0.39, 0.29) is 33.3 Å². The summed E-state index contributed by atoms with van der Waals surface area (Å²) in [6.07, 6.45) is 8.29. The van der Waals surface area contributed by atoms with Crippen LogP contribution in [0.25, 0.3) is 5.76 Å². The first kappa shape index (κ1) is 20.7. The summed E-state index contributed by atoms with van der Waals surface area (Å²) in [5.74, 6) is 0.173. The van der Waals surface area contributed by atoms with Crippen molar-refractivity contribution >= 4 is 41.1 Å². The SMILES string of the molecule is CCOC(=O)/C(C=NC12CC3CC(CC(C3)C1)C2)=C(/O)c1cc(F)c(Cl)cc1Cl. The van der Waals surface area contributed by atoms with Crippen LogP contribution in [0.1, 0.15) is 51.0 Å². The number of halogens is 3. The number of aliphatic imine (C=N–C) groups is 1. The molecule has 0 amide bonds. The van der Waals surface area contributed by atoms with Crippen molar-refractivity contribution in [1.82, 2.24) is 0 Å². The molecule has 7 heteroatoms. The number of aliphatic hydroxyl groups excluding tert-OH is 1. The molecule has 0 saturated heterocycles. The molecule has 0 aliphatic heterocycles. The molecule has 4 saturated carbocycles. The zero-order valence-electron chi connectivity index (χ0n) is 16.3. The van der Waals surface area contributed by atoms with Crippen LogP contribution >= 0.6 is 23.2 Å². The minimum atomic E-state index is -0.737. The number of rotatable bonds is 5. The lowest BCUT2D eigenvalue weighted by molar-refractivity contribution is -0.137. The summed E-state index contributed by atoms with van der Waals surface area (Å²) in [4.78, 5) is 17.4. The fourth-order valence-electron chi connectivity index (χ4n) is 5.69. The first-order valence-electron chi connectivity index (χ1n) is 10.1. The van der Waals surface area contributed by atoms with Gasteiger partial charge in [-0.3, -0.25) is 4.99 Å². The van der Waals surface area contributed by atoms with Crippen LogP contribution in [0.5, 0.6) is 0 Å². The van der Waals surface area contributed by atoms with Crippen molar-refractivity contribution in [3.63, 3.8) is 0 Å². The number of hydrogen-bond donors (Lipinski definition) is 1. The molecule has 1 aromatic rings. The normalized spacial score (nSPS) is 31.2. The molecule has 4 nitrogen and oxygen atoms in total. The quantitative estimate of drug-likeness (QED) is 0.201. The lowest BCUT2D eigenvalue weighted by atomic mass is 9.53. The van der Waals surface area contributed by atoms with E-state index >= 15 is 0 Å². The van der Waals surface area contributed by atoms with Crippen LogP contribution < -0.4 is 0 Å². The van der Waals surface area contributed by atoms with Crippen LogP contribution in [0.4, 0.5) is 4.39 Å². The maximum Gasteiger partial charge on any atom is 0.343 e. The highest BCUT2D eigenvalue weighted by Crippen LogP contribution is 2.57. The van der Waals surface area contributed by atoms with Gasteiger partial charge in [-0.2, -0.15) is 0 Å². The summed E-state index contributed by atoms with van der Waals surface area (Å²) in [5.41, 5.74) is -0.318. The van der Waals surface area contributed by atoms with Crippen LogP contribution in [0, 0.1) is 23.6 Å². The predicted octanol–water partition coefficient (Wildman–Crippen LogP) is 6.00. The molecule has 0 atom stereocenters. The Kier molecular flexibility index (Phi) is 5.64. The van der Waals surface area contributed by atoms with E-state index in [1.54, 1.807) is 6.92 Å². The second-order valence-electron chi connectivity index (χ2n) is 8.63. The summed E-state index contributed by atoms with van der Waals surface area (Å²) < 4.78 is 19.0. The van der Waals surface area contributed by atoms with Gasteiger partial charge in [0, 0.05) is 11.8 Å². The second-order valence-corrected chi connectivity index (χ2v) is 9.44. The van der Waals surface area contributed by atoms with E-state index in [4.69, 9.17) is 32.9 Å². The van der Waals surface area contributed by atoms with Gasteiger partial charge in [0.1, 0.15) is 17.1 Å². The van der Waals surface area contributed by atoms with E-state index in [9.17, 15) is 14.3 Å². The molecule has 4 bridgehead atoms. The van der Waals surface area contributed by atoms with Crippen molar-refractivity contribution in [2.24, 2.45) is 22.7 Å². The van der Waals surface area contributed by atoms with Gasteiger partial charge in [0.05, 0.1) is 22.2 Å². The molecule has 0 aromatic heterocycles. The molecule has 4 aliphatic rings. The standard InChI is InChI=1S/C22H24Cl2FNO3/c1-2-29-21(28)16(20(27)15-6-19(25)18(24)7-17(15)23)11-26-22-8-12-3-13(9-22)5-14(4-12)10-22/h6-7,11-14,27H,2-5,8-10H2,1H3/b20-16+,26-11?. The van der Waals surface area contributed by atoms with E-state index in [1.807, 2.05) is 0 Å². The van der Waals surface area contributed by atoms with E-state index in [0.717, 1.165) is 25.3 Å². The number of benzene rings is 1. The Hall–Kier alpha value is -1.59. The predicted molar refractivity (Wildman–Crippen MR) is 112 cm³/mol. The highest BCUT2D eigenvalue weighted by atomic mass is 35.5. The maximum absolute atomic E-state index is 13.9.